The van der Waals surface area contributed by atoms with E-state index in [1.807, 2.05) is 61.5 Å². The second-order valence-corrected chi connectivity index (χ2v) is 10.4. The monoisotopic (exact) mass is 502 g/mol. The van der Waals surface area contributed by atoms with Crippen LogP contribution < -0.4 is 5.32 Å². The molecule has 0 aliphatic carbocycles. The van der Waals surface area contributed by atoms with Gasteiger partial charge in [0.05, 0.1) is 5.75 Å². The summed E-state index contributed by atoms with van der Waals surface area (Å²) in [4.78, 5) is 29.1. The molecular formula is C31H38N2O2S. The molecule has 3 rings (SSSR count). The number of nitrogens with one attached hydrogen (secondary N) is 1. The van der Waals surface area contributed by atoms with Gasteiger partial charge in [0.1, 0.15) is 6.04 Å². The van der Waals surface area contributed by atoms with E-state index in [0.29, 0.717) is 18.7 Å². The fourth-order valence-electron chi connectivity index (χ4n) is 4.11. The highest BCUT2D eigenvalue weighted by atomic mass is 32.2. The lowest BCUT2D eigenvalue weighted by atomic mass is 10.0. The molecule has 0 heterocycles. The molecule has 0 unspecified atom stereocenters. The van der Waals surface area contributed by atoms with E-state index >= 15 is 0 Å². The molecule has 2 amide bonds. The number of hydrogen-bond donors (Lipinski definition) is 1. The van der Waals surface area contributed by atoms with Gasteiger partial charge in [0.25, 0.3) is 0 Å². The van der Waals surface area contributed by atoms with Gasteiger partial charge in [-0.15, -0.1) is 11.8 Å². The van der Waals surface area contributed by atoms with Gasteiger partial charge in [-0.1, -0.05) is 91.3 Å². The first-order valence-electron chi connectivity index (χ1n) is 12.7. The molecule has 2 atom stereocenters. The molecule has 0 fully saturated rings. The van der Waals surface area contributed by atoms with Crippen LogP contribution >= 0.6 is 11.8 Å². The molecule has 0 aromatic heterocycles. The molecule has 0 radical (unpaired) electrons. The van der Waals surface area contributed by atoms with Crippen molar-refractivity contribution in [2.75, 3.05) is 5.75 Å². The van der Waals surface area contributed by atoms with Crippen LogP contribution in [0.15, 0.2) is 78.9 Å². The summed E-state index contributed by atoms with van der Waals surface area (Å²) in [5.41, 5.74) is 5.63. The quantitative estimate of drug-likeness (QED) is 0.326. The Bertz CT molecular complexity index is 1130. The van der Waals surface area contributed by atoms with Crippen molar-refractivity contribution in [3.8, 4) is 0 Å². The van der Waals surface area contributed by atoms with E-state index in [2.05, 4.69) is 50.4 Å². The van der Waals surface area contributed by atoms with E-state index in [4.69, 9.17) is 0 Å². The van der Waals surface area contributed by atoms with Crippen molar-refractivity contribution in [1.82, 2.24) is 10.2 Å². The van der Waals surface area contributed by atoms with E-state index in [-0.39, 0.29) is 17.9 Å². The van der Waals surface area contributed by atoms with E-state index in [9.17, 15) is 9.59 Å². The van der Waals surface area contributed by atoms with Crippen molar-refractivity contribution in [2.24, 2.45) is 0 Å². The van der Waals surface area contributed by atoms with Gasteiger partial charge in [-0.05, 0) is 49.4 Å². The predicted molar refractivity (Wildman–Crippen MR) is 151 cm³/mol. The van der Waals surface area contributed by atoms with E-state index in [0.717, 1.165) is 28.9 Å². The molecule has 0 aliphatic heterocycles. The van der Waals surface area contributed by atoms with Gasteiger partial charge in [-0.3, -0.25) is 9.59 Å². The second kappa shape index (κ2) is 13.9. The Morgan fingerprint density at radius 3 is 2.31 bits per heavy atom. The summed E-state index contributed by atoms with van der Waals surface area (Å²) in [6.45, 7) is 8.59. The molecule has 4 nitrogen and oxygen atoms in total. The third-order valence-corrected chi connectivity index (χ3v) is 7.44. The van der Waals surface area contributed by atoms with Gasteiger partial charge in [-0.25, -0.2) is 0 Å². The van der Waals surface area contributed by atoms with Gasteiger partial charge in [0.15, 0.2) is 0 Å². The Kier molecular flexibility index (Phi) is 10.6. The molecule has 3 aromatic rings. The maximum atomic E-state index is 13.7. The number of rotatable bonds is 12. The largest absolute Gasteiger partial charge is 0.352 e. The topological polar surface area (TPSA) is 49.4 Å². The molecule has 0 bridgehead atoms. The average molecular weight is 503 g/mol. The molecule has 1 N–H and O–H groups in total. The zero-order valence-corrected chi connectivity index (χ0v) is 22.7. The highest BCUT2D eigenvalue weighted by molar-refractivity contribution is 7.99. The average Bonchev–Trinajstić information content (AvgIpc) is 2.87. The molecule has 5 heteroatoms. The fraction of sp³-hybridized carbons (Fsp3) is 0.355. The smallest absolute Gasteiger partial charge is 0.243 e. The number of hydrogen-bond acceptors (Lipinski definition) is 3. The van der Waals surface area contributed by atoms with Crippen LogP contribution in [0.5, 0.6) is 0 Å². The van der Waals surface area contributed by atoms with Gasteiger partial charge in [0, 0.05) is 24.8 Å². The minimum atomic E-state index is -0.590. The predicted octanol–water partition coefficient (Wildman–Crippen LogP) is 6.09. The van der Waals surface area contributed by atoms with E-state index in [1.165, 1.54) is 11.1 Å². The molecule has 0 aliphatic rings. The van der Waals surface area contributed by atoms with E-state index in [1.54, 1.807) is 16.7 Å². The highest BCUT2D eigenvalue weighted by Crippen LogP contribution is 2.20. The zero-order valence-electron chi connectivity index (χ0n) is 21.9. The Balaban J connectivity index is 1.86. The number of aryl methyl sites for hydroxylation is 2. The number of carbonyl (C=O) groups is 2. The van der Waals surface area contributed by atoms with Gasteiger partial charge in [0.2, 0.25) is 11.8 Å². The van der Waals surface area contributed by atoms with Gasteiger partial charge in [-0.2, -0.15) is 0 Å². The number of carbonyl (C=O) groups excluding carboxylic acids is 2. The number of nitrogens with zero attached hydrogens (tertiary/aromatic N) is 1. The summed E-state index contributed by atoms with van der Waals surface area (Å²) in [6, 6.07) is 25.9. The van der Waals surface area contributed by atoms with Crippen LogP contribution in [0.3, 0.4) is 0 Å². The number of benzene rings is 3. The van der Waals surface area contributed by atoms with Crippen LogP contribution in [0, 0.1) is 13.8 Å². The van der Waals surface area contributed by atoms with Gasteiger partial charge < -0.3 is 10.2 Å². The first-order valence-corrected chi connectivity index (χ1v) is 13.8. The maximum absolute atomic E-state index is 13.7. The molecule has 190 valence electrons. The molecular weight excluding hydrogens is 464 g/mol. The van der Waals surface area contributed by atoms with Crippen molar-refractivity contribution in [3.05, 3.63) is 107 Å². The van der Waals surface area contributed by atoms with E-state index < -0.39 is 6.04 Å². The van der Waals surface area contributed by atoms with Crippen LogP contribution in [0.2, 0.25) is 0 Å². The van der Waals surface area contributed by atoms with Gasteiger partial charge >= 0.3 is 0 Å². The summed E-state index contributed by atoms with van der Waals surface area (Å²) in [7, 11) is 0. The summed E-state index contributed by atoms with van der Waals surface area (Å²) < 4.78 is 0. The molecule has 3 aromatic carbocycles. The summed E-state index contributed by atoms with van der Waals surface area (Å²) in [5, 5.41) is 3.13. The maximum Gasteiger partial charge on any atom is 0.243 e. The molecule has 0 saturated carbocycles. The molecule has 0 spiro atoms. The Hall–Kier alpha value is -3.05. The highest BCUT2D eigenvalue weighted by Gasteiger charge is 2.31. The summed E-state index contributed by atoms with van der Waals surface area (Å²) in [5.74, 6) is 0.963. The minimum absolute atomic E-state index is 0.0175. The Morgan fingerprint density at radius 2 is 1.61 bits per heavy atom. The van der Waals surface area contributed by atoms with Crippen molar-refractivity contribution >= 4 is 23.6 Å². The van der Waals surface area contributed by atoms with Crippen molar-refractivity contribution in [2.45, 2.75) is 64.9 Å². The fourth-order valence-corrected chi connectivity index (χ4v) is 4.96. The SMILES string of the molecule is CC[C@@H](C)NC(=O)[C@H](Cc1ccccc1)N(Cc1ccccc1C)C(=O)CSCc1cccc(C)c1. The standard InChI is InChI=1S/C31H38N2O2S/c1-5-25(4)32-31(35)29(19-26-14-7-6-8-15-26)33(20-28-17-10-9-13-24(28)3)30(34)22-36-21-27-16-11-12-23(2)18-27/h6-18,25,29H,5,19-22H2,1-4H3,(H,32,35)/t25-,29+/m1/s1. The van der Waals surface area contributed by atoms with Crippen LogP contribution in [0.4, 0.5) is 0 Å². The second-order valence-electron chi connectivity index (χ2n) is 9.45. The lowest BCUT2D eigenvalue weighted by Gasteiger charge is -2.32. The van der Waals surface area contributed by atoms with Crippen molar-refractivity contribution in [1.29, 1.82) is 0 Å². The number of amides is 2. The first-order chi connectivity index (χ1) is 17.4. The molecule has 0 saturated heterocycles. The van der Waals surface area contributed by atoms with Crippen molar-refractivity contribution in [3.63, 3.8) is 0 Å². The Labute approximate surface area is 220 Å². The zero-order chi connectivity index (χ0) is 25.9. The molecule has 36 heavy (non-hydrogen) atoms. The minimum Gasteiger partial charge on any atom is -0.352 e. The summed E-state index contributed by atoms with van der Waals surface area (Å²) in [6.07, 6.45) is 1.31. The van der Waals surface area contributed by atoms with Crippen molar-refractivity contribution < 1.29 is 9.59 Å². The third kappa shape index (κ3) is 8.27. The third-order valence-electron chi connectivity index (χ3n) is 6.45. The lowest BCUT2D eigenvalue weighted by molar-refractivity contribution is -0.139. The normalized spacial score (nSPS) is 12.6. The number of thioether (sulfide) groups is 1. The van der Waals surface area contributed by atoms with Crippen LogP contribution in [-0.2, 0) is 28.3 Å². The Morgan fingerprint density at radius 1 is 0.917 bits per heavy atom. The first kappa shape index (κ1) is 27.5. The van der Waals surface area contributed by atoms with Crippen LogP contribution in [0.25, 0.3) is 0 Å². The van der Waals surface area contributed by atoms with Crippen LogP contribution in [-0.4, -0.2) is 34.6 Å². The summed E-state index contributed by atoms with van der Waals surface area (Å²) >= 11 is 1.60. The lowest BCUT2D eigenvalue weighted by Crippen LogP contribution is -2.52. The van der Waals surface area contributed by atoms with Crippen LogP contribution in [0.1, 0.15) is 48.1 Å².